The molecule has 0 bridgehead atoms. The maximum Gasteiger partial charge on any atom is 0.352 e. The molecule has 0 saturated carbocycles. The van der Waals surface area contributed by atoms with Crippen molar-refractivity contribution in [2.24, 2.45) is 0 Å². The molecule has 0 spiro atoms. The van der Waals surface area contributed by atoms with Gasteiger partial charge >= 0.3 is 5.97 Å². The number of carbonyl (C=O) groups is 2. The van der Waals surface area contributed by atoms with Crippen LogP contribution in [0.4, 0.5) is 11.4 Å². The number of carboxylic acid groups (broad SMARTS) is 1. The van der Waals surface area contributed by atoms with Crippen molar-refractivity contribution >= 4 is 88.3 Å². The molecule has 0 atom stereocenters. The number of nitrogens with zero attached hydrogens (tertiary/aromatic N) is 1. The van der Waals surface area contributed by atoms with Gasteiger partial charge in [0.25, 0.3) is 26.0 Å². The summed E-state index contributed by atoms with van der Waals surface area (Å²) < 4.78 is 57.6. The van der Waals surface area contributed by atoms with Crippen LogP contribution in [0.5, 0.6) is 0 Å². The highest BCUT2D eigenvalue weighted by molar-refractivity contribution is 7.93. The zero-order valence-corrected chi connectivity index (χ0v) is 43.7. The lowest BCUT2D eigenvalue weighted by Crippen LogP contribution is -2.31. The molecular formula is C54H56Cl2N6O7S2. The van der Waals surface area contributed by atoms with Crippen molar-refractivity contribution in [3.05, 3.63) is 166 Å². The van der Waals surface area contributed by atoms with E-state index in [-0.39, 0.29) is 32.2 Å². The van der Waals surface area contributed by atoms with E-state index in [0.29, 0.717) is 84.3 Å². The number of rotatable bonds is 13. The molecule has 370 valence electrons. The van der Waals surface area contributed by atoms with Crippen LogP contribution in [0.2, 0.25) is 10.0 Å². The molecule has 6 N–H and O–H groups in total. The topological polar surface area (TPSA) is 194 Å². The van der Waals surface area contributed by atoms with Gasteiger partial charge in [0.2, 0.25) is 0 Å². The number of halogens is 2. The molecule has 0 aliphatic rings. The second-order valence-electron chi connectivity index (χ2n) is 19.4. The van der Waals surface area contributed by atoms with Gasteiger partial charge in [-0.25, -0.2) is 21.6 Å². The second-order valence-corrected chi connectivity index (χ2v) is 23.6. The van der Waals surface area contributed by atoms with Crippen LogP contribution in [-0.2, 0) is 30.9 Å². The van der Waals surface area contributed by atoms with E-state index in [9.17, 15) is 31.5 Å². The summed E-state index contributed by atoms with van der Waals surface area (Å²) in [4.78, 5) is 33.5. The van der Waals surface area contributed by atoms with Gasteiger partial charge in [-0.3, -0.25) is 14.2 Å². The van der Waals surface area contributed by atoms with E-state index in [2.05, 4.69) is 66.3 Å². The number of likely N-dealkylation sites (N-methyl/N-ethyl adjacent to an activating group) is 1. The van der Waals surface area contributed by atoms with Crippen molar-refractivity contribution in [1.82, 2.24) is 20.2 Å². The lowest BCUT2D eigenvalue weighted by Gasteiger charge is -2.19. The fourth-order valence-electron chi connectivity index (χ4n) is 7.91. The van der Waals surface area contributed by atoms with Crippen LogP contribution in [-0.4, -0.2) is 75.9 Å². The third kappa shape index (κ3) is 12.1. The standard InChI is InChI=1S/C29H33ClN4O3S.C25H23ClN2O4S/c1-29(2,3)19-10-13-21(14-11-19)38(36,37)33-20-12-15-25-23(18-20)26(22-8-6-7-9-24(22)30)27(32-25)28(35)31-16-17-34(4)5;1-25(2,3)16-7-10-19(11-8-16)33(31,32)28-18-9-12-21-20(14-18)22(23(27-21)24(29)30)15-5-4-6-17(26)13-15/h6-15,18,32-33H,16-17H2,1-5H3,(H,31,35);4-14,27-28H,1-3H3,(H,29,30). The Morgan fingerprint density at radius 3 is 1.56 bits per heavy atom. The van der Waals surface area contributed by atoms with E-state index in [1.165, 1.54) is 0 Å². The van der Waals surface area contributed by atoms with Crippen LogP contribution in [0.25, 0.3) is 44.1 Å². The normalized spacial score (nSPS) is 12.2. The minimum Gasteiger partial charge on any atom is -0.477 e. The van der Waals surface area contributed by atoms with Gasteiger partial charge in [0.05, 0.1) is 9.79 Å². The highest BCUT2D eigenvalue weighted by Crippen LogP contribution is 2.39. The molecule has 2 heterocycles. The van der Waals surface area contributed by atoms with E-state index >= 15 is 0 Å². The van der Waals surface area contributed by atoms with E-state index < -0.39 is 26.0 Å². The fourth-order valence-corrected chi connectivity index (χ4v) is 10.4. The number of anilines is 2. The van der Waals surface area contributed by atoms with Crippen LogP contribution >= 0.6 is 23.2 Å². The third-order valence-electron chi connectivity index (χ3n) is 11.7. The maximum atomic E-state index is 13.2. The zero-order valence-electron chi connectivity index (χ0n) is 40.5. The summed E-state index contributed by atoms with van der Waals surface area (Å²) in [6.45, 7) is 13.6. The van der Waals surface area contributed by atoms with Gasteiger partial charge in [0, 0.05) is 73.0 Å². The van der Waals surface area contributed by atoms with Crippen LogP contribution in [0.15, 0.2) is 143 Å². The predicted octanol–water partition coefficient (Wildman–Crippen LogP) is 12.2. The van der Waals surface area contributed by atoms with E-state index in [1.54, 1.807) is 103 Å². The Hall–Kier alpha value is -6.62. The third-order valence-corrected chi connectivity index (χ3v) is 15.1. The number of fused-ring (bicyclic) bond motifs is 2. The summed E-state index contributed by atoms with van der Waals surface area (Å²) >= 11 is 12.7. The largest absolute Gasteiger partial charge is 0.477 e. The summed E-state index contributed by atoms with van der Waals surface area (Å²) in [5.74, 6) is -1.39. The van der Waals surface area contributed by atoms with Crippen molar-refractivity contribution in [2.45, 2.75) is 62.2 Å². The van der Waals surface area contributed by atoms with Crippen molar-refractivity contribution in [2.75, 3.05) is 36.6 Å². The minimum absolute atomic E-state index is 0.00467. The molecule has 0 fully saturated rings. The first-order valence-corrected chi connectivity index (χ1v) is 26.3. The predicted molar refractivity (Wildman–Crippen MR) is 287 cm³/mol. The smallest absolute Gasteiger partial charge is 0.352 e. The molecule has 0 radical (unpaired) electrons. The number of hydrogen-bond donors (Lipinski definition) is 6. The molecule has 0 aliphatic heterocycles. The first-order chi connectivity index (χ1) is 33.3. The van der Waals surface area contributed by atoms with Crippen LogP contribution in [0, 0.1) is 0 Å². The van der Waals surface area contributed by atoms with Crippen LogP contribution in [0.3, 0.4) is 0 Å². The monoisotopic (exact) mass is 1030 g/mol. The van der Waals surface area contributed by atoms with Gasteiger partial charge in [0.1, 0.15) is 11.4 Å². The Labute approximate surface area is 424 Å². The van der Waals surface area contributed by atoms with Crippen LogP contribution in [0.1, 0.15) is 73.6 Å². The first-order valence-electron chi connectivity index (χ1n) is 22.6. The number of sulfonamides is 2. The van der Waals surface area contributed by atoms with E-state index in [0.717, 1.165) is 11.1 Å². The lowest BCUT2D eigenvalue weighted by atomic mass is 9.87. The molecule has 0 unspecified atom stereocenters. The average molecular weight is 1040 g/mol. The number of hydrogen-bond acceptors (Lipinski definition) is 7. The summed E-state index contributed by atoms with van der Waals surface area (Å²) in [6.07, 6.45) is 0. The SMILES string of the molecule is CC(C)(C)c1ccc(S(=O)(=O)Nc2ccc3[nH]c(C(=O)O)c(-c4cccc(Cl)c4)c3c2)cc1.CN(C)CCNC(=O)c1[nH]c2ccc(NS(=O)(=O)c3ccc(C(C)(C)C)cc3)cc2c1-c1ccccc1Cl. The highest BCUT2D eigenvalue weighted by atomic mass is 35.5. The number of benzene rings is 6. The van der Waals surface area contributed by atoms with Crippen molar-refractivity contribution in [3.63, 3.8) is 0 Å². The Morgan fingerprint density at radius 2 is 1.10 bits per heavy atom. The molecule has 13 nitrogen and oxygen atoms in total. The van der Waals surface area contributed by atoms with Gasteiger partial charge in [-0.15, -0.1) is 0 Å². The number of carbonyl (C=O) groups excluding carboxylic acids is 1. The quantitative estimate of drug-likeness (QED) is 0.0656. The Bertz CT molecular complexity index is 3500. The lowest BCUT2D eigenvalue weighted by molar-refractivity contribution is 0.0692. The van der Waals surface area contributed by atoms with Gasteiger partial charge in [-0.1, -0.05) is 119 Å². The van der Waals surface area contributed by atoms with Gasteiger partial charge in [-0.05, 0) is 120 Å². The molecule has 0 saturated heterocycles. The van der Waals surface area contributed by atoms with Crippen molar-refractivity contribution in [3.8, 4) is 22.3 Å². The number of nitrogens with one attached hydrogen (secondary N) is 5. The molecule has 0 aliphatic carbocycles. The maximum absolute atomic E-state index is 13.2. The van der Waals surface area contributed by atoms with Gasteiger partial charge < -0.3 is 25.3 Å². The zero-order chi connectivity index (χ0) is 51.6. The Morgan fingerprint density at radius 1 is 0.606 bits per heavy atom. The molecule has 8 rings (SSSR count). The summed E-state index contributed by atoms with van der Waals surface area (Å²) in [5, 5.41) is 14.8. The summed E-state index contributed by atoms with van der Waals surface area (Å²) in [7, 11) is -3.79. The number of carboxylic acids is 1. The van der Waals surface area contributed by atoms with E-state index in [1.807, 2.05) is 49.3 Å². The van der Waals surface area contributed by atoms with Crippen molar-refractivity contribution in [1.29, 1.82) is 0 Å². The number of H-pyrrole nitrogens is 2. The van der Waals surface area contributed by atoms with Gasteiger partial charge in [0.15, 0.2) is 0 Å². The summed E-state index contributed by atoms with van der Waals surface area (Å²) in [5.41, 5.74) is 6.58. The molecular weight excluding hydrogens is 980 g/mol. The molecule has 8 aromatic rings. The molecule has 17 heteroatoms. The van der Waals surface area contributed by atoms with Crippen LogP contribution < -0.4 is 14.8 Å². The Kier molecular flexibility index (Phi) is 15.2. The Balaban J connectivity index is 0.000000211. The number of aromatic carboxylic acids is 1. The highest BCUT2D eigenvalue weighted by Gasteiger charge is 2.25. The number of aromatic nitrogens is 2. The van der Waals surface area contributed by atoms with E-state index in [4.69, 9.17) is 23.2 Å². The first kappa shape index (κ1) is 52.2. The molecule has 1 amide bonds. The number of aromatic amines is 2. The summed E-state index contributed by atoms with van der Waals surface area (Å²) in [6, 6.07) is 37.8. The average Bonchev–Trinajstić information content (AvgIpc) is 3.87. The molecule has 2 aromatic heterocycles. The molecule has 6 aromatic carbocycles. The number of amides is 1. The van der Waals surface area contributed by atoms with Crippen molar-refractivity contribution < 1.29 is 31.5 Å². The van der Waals surface area contributed by atoms with Gasteiger partial charge in [-0.2, -0.15) is 0 Å². The molecule has 71 heavy (non-hydrogen) atoms. The second kappa shape index (κ2) is 20.6. The fraction of sp³-hybridized carbons (Fsp3) is 0.222. The minimum atomic E-state index is -3.84.